The summed E-state index contributed by atoms with van der Waals surface area (Å²) < 4.78 is 18.0. The van der Waals surface area contributed by atoms with E-state index < -0.39 is 0 Å². The molecule has 0 bridgehead atoms. The summed E-state index contributed by atoms with van der Waals surface area (Å²) in [5.41, 5.74) is 2.60. The fourth-order valence-corrected chi connectivity index (χ4v) is 2.91. The minimum atomic E-state index is -0.104. The van der Waals surface area contributed by atoms with Gasteiger partial charge < -0.3 is 19.2 Å². The monoisotopic (exact) mass is 318 g/mol. The molecule has 0 aromatic carbocycles. The fraction of sp³-hybridized carbons (Fsp3) is 0.533. The topological polar surface area (TPSA) is 91.4 Å². The van der Waals surface area contributed by atoms with Crippen LogP contribution in [0.4, 0.5) is 0 Å². The zero-order valence-corrected chi connectivity index (χ0v) is 12.6. The number of amides is 1. The molecule has 2 aromatic rings. The number of nitrogens with zero attached hydrogens (tertiary/aromatic N) is 3. The van der Waals surface area contributed by atoms with E-state index in [1.54, 1.807) is 12.5 Å². The highest BCUT2D eigenvalue weighted by molar-refractivity contribution is 5.79. The first-order chi connectivity index (χ1) is 11.3. The number of aromatic nitrogens is 3. The molecule has 23 heavy (non-hydrogen) atoms. The van der Waals surface area contributed by atoms with Crippen LogP contribution in [0.2, 0.25) is 0 Å². The molecule has 1 N–H and O–H groups in total. The van der Waals surface area contributed by atoms with Crippen LogP contribution in [0.15, 0.2) is 23.0 Å². The number of nitrogens with one attached hydrogen (secondary N) is 1. The van der Waals surface area contributed by atoms with E-state index in [1.807, 2.05) is 10.7 Å². The van der Waals surface area contributed by atoms with Gasteiger partial charge in [-0.25, -0.2) is 4.68 Å². The third-order valence-corrected chi connectivity index (χ3v) is 4.27. The summed E-state index contributed by atoms with van der Waals surface area (Å²) in [6.45, 7) is 2.63. The van der Waals surface area contributed by atoms with Crippen LogP contribution in [0.3, 0.4) is 0 Å². The lowest BCUT2D eigenvalue weighted by atomic mass is 10.1. The number of hydrogen-bond acceptors (Lipinski definition) is 6. The molecule has 4 rings (SSSR count). The first-order valence-electron chi connectivity index (χ1n) is 7.73. The molecule has 2 aliphatic heterocycles. The van der Waals surface area contributed by atoms with Gasteiger partial charge in [0.25, 0.3) is 0 Å². The summed E-state index contributed by atoms with van der Waals surface area (Å²) in [4.78, 5) is 12.0. The summed E-state index contributed by atoms with van der Waals surface area (Å²) >= 11 is 0. The second-order valence-corrected chi connectivity index (χ2v) is 5.82. The first kappa shape index (κ1) is 14.4. The van der Waals surface area contributed by atoms with Gasteiger partial charge in [0.1, 0.15) is 5.69 Å². The van der Waals surface area contributed by atoms with E-state index in [1.165, 1.54) is 0 Å². The molecule has 0 unspecified atom stereocenters. The van der Waals surface area contributed by atoms with Crippen molar-refractivity contribution in [1.29, 1.82) is 0 Å². The van der Waals surface area contributed by atoms with Gasteiger partial charge in [-0.3, -0.25) is 4.79 Å². The second-order valence-electron chi connectivity index (χ2n) is 5.82. The first-order valence-corrected chi connectivity index (χ1v) is 7.73. The normalized spacial score (nSPS) is 23.7. The molecule has 2 atom stereocenters. The molecule has 0 saturated carbocycles. The second kappa shape index (κ2) is 6.13. The van der Waals surface area contributed by atoms with Crippen LogP contribution in [-0.2, 0) is 27.4 Å². The maximum absolute atomic E-state index is 12.0. The molecule has 8 heteroatoms. The standard InChI is InChI=1S/C15H18N4O4/c20-15(11-2-4-22-8-11)16-5-12-6-19-13(9-23-12)14(17-18-19)10-1-3-21-7-10/h1,3,7,11-12H,2,4-6,8-9H2,(H,16,20)/t11-,12-/m0/s1. The Morgan fingerprint density at radius 2 is 2.43 bits per heavy atom. The Labute approximate surface area is 132 Å². The lowest BCUT2D eigenvalue weighted by Gasteiger charge is -2.24. The van der Waals surface area contributed by atoms with E-state index in [4.69, 9.17) is 13.9 Å². The van der Waals surface area contributed by atoms with Crippen LogP contribution < -0.4 is 5.32 Å². The van der Waals surface area contributed by atoms with Crippen molar-refractivity contribution in [2.24, 2.45) is 5.92 Å². The maximum atomic E-state index is 12.0. The summed E-state index contributed by atoms with van der Waals surface area (Å²) in [6.07, 6.45) is 3.93. The van der Waals surface area contributed by atoms with Crippen molar-refractivity contribution < 1.29 is 18.7 Å². The molecule has 1 saturated heterocycles. The quantitative estimate of drug-likeness (QED) is 0.887. The Balaban J connectivity index is 1.37. The molecule has 2 aromatic heterocycles. The molecule has 1 fully saturated rings. The van der Waals surface area contributed by atoms with E-state index in [0.29, 0.717) is 32.9 Å². The smallest absolute Gasteiger partial charge is 0.225 e. The molecular formula is C15H18N4O4. The number of rotatable bonds is 4. The van der Waals surface area contributed by atoms with E-state index in [9.17, 15) is 4.79 Å². The fourth-order valence-electron chi connectivity index (χ4n) is 2.91. The third-order valence-electron chi connectivity index (χ3n) is 4.27. The number of fused-ring (bicyclic) bond motifs is 1. The van der Waals surface area contributed by atoms with Crippen LogP contribution in [0, 0.1) is 5.92 Å². The van der Waals surface area contributed by atoms with Crippen LogP contribution in [0.1, 0.15) is 12.1 Å². The zero-order valence-electron chi connectivity index (χ0n) is 12.6. The highest BCUT2D eigenvalue weighted by Crippen LogP contribution is 2.25. The molecule has 2 aliphatic rings. The molecule has 8 nitrogen and oxygen atoms in total. The number of carbonyl (C=O) groups is 1. The van der Waals surface area contributed by atoms with Crippen LogP contribution >= 0.6 is 0 Å². The molecule has 4 heterocycles. The van der Waals surface area contributed by atoms with Crippen molar-refractivity contribution in [2.45, 2.75) is 25.7 Å². The van der Waals surface area contributed by atoms with Gasteiger partial charge in [0.2, 0.25) is 5.91 Å². The van der Waals surface area contributed by atoms with Crippen molar-refractivity contribution in [1.82, 2.24) is 20.3 Å². The molecule has 0 spiro atoms. The summed E-state index contributed by atoms with van der Waals surface area (Å²) in [5, 5.41) is 11.3. The van der Waals surface area contributed by atoms with Crippen molar-refractivity contribution in [3.8, 4) is 11.3 Å². The van der Waals surface area contributed by atoms with Gasteiger partial charge in [0.15, 0.2) is 0 Å². The predicted molar refractivity (Wildman–Crippen MR) is 78.2 cm³/mol. The van der Waals surface area contributed by atoms with E-state index in [-0.39, 0.29) is 17.9 Å². The maximum Gasteiger partial charge on any atom is 0.225 e. The van der Waals surface area contributed by atoms with Crippen LogP contribution in [-0.4, -0.2) is 46.8 Å². The van der Waals surface area contributed by atoms with Crippen LogP contribution in [0.5, 0.6) is 0 Å². The van der Waals surface area contributed by atoms with Crippen LogP contribution in [0.25, 0.3) is 11.3 Å². The van der Waals surface area contributed by atoms with Gasteiger partial charge in [-0.2, -0.15) is 0 Å². The summed E-state index contributed by atoms with van der Waals surface area (Å²) in [7, 11) is 0. The van der Waals surface area contributed by atoms with Gasteiger partial charge >= 0.3 is 0 Å². The lowest BCUT2D eigenvalue weighted by molar-refractivity contribution is -0.126. The molecule has 1 amide bonds. The van der Waals surface area contributed by atoms with Gasteiger partial charge in [0.05, 0.1) is 50.0 Å². The molecule has 122 valence electrons. The highest BCUT2D eigenvalue weighted by atomic mass is 16.5. The lowest BCUT2D eigenvalue weighted by Crippen LogP contribution is -2.41. The predicted octanol–water partition coefficient (Wildman–Crippen LogP) is 0.590. The number of furan rings is 1. The molecule has 0 aliphatic carbocycles. The van der Waals surface area contributed by atoms with E-state index in [0.717, 1.165) is 23.4 Å². The SMILES string of the molecule is O=C(NC[C@H]1Cn2nnc(-c3ccoc3)c2CO1)[C@H]1CCOC1. The Kier molecular flexibility index (Phi) is 3.84. The minimum absolute atomic E-state index is 0.0341. The average molecular weight is 318 g/mol. The summed E-state index contributed by atoms with van der Waals surface area (Å²) in [6, 6.07) is 1.85. The highest BCUT2D eigenvalue weighted by Gasteiger charge is 2.27. The zero-order chi connectivity index (χ0) is 15.6. The van der Waals surface area contributed by atoms with Gasteiger partial charge in [-0.15, -0.1) is 5.10 Å². The Hall–Kier alpha value is -2.19. The Morgan fingerprint density at radius 3 is 3.22 bits per heavy atom. The van der Waals surface area contributed by atoms with Gasteiger partial charge in [-0.1, -0.05) is 5.21 Å². The van der Waals surface area contributed by atoms with Crippen molar-refractivity contribution in [3.05, 3.63) is 24.3 Å². The number of carbonyl (C=O) groups excluding carboxylic acids is 1. The molecular weight excluding hydrogens is 300 g/mol. The van der Waals surface area contributed by atoms with Crippen molar-refractivity contribution >= 4 is 5.91 Å². The minimum Gasteiger partial charge on any atom is -0.472 e. The average Bonchev–Trinajstić information content (AvgIpc) is 3.32. The Bertz CT molecular complexity index is 676. The molecule has 0 radical (unpaired) electrons. The van der Waals surface area contributed by atoms with Gasteiger partial charge in [0, 0.05) is 18.7 Å². The van der Waals surface area contributed by atoms with Crippen molar-refractivity contribution in [3.63, 3.8) is 0 Å². The number of ether oxygens (including phenoxy) is 2. The van der Waals surface area contributed by atoms with E-state index in [2.05, 4.69) is 15.6 Å². The van der Waals surface area contributed by atoms with Crippen molar-refractivity contribution in [2.75, 3.05) is 19.8 Å². The largest absolute Gasteiger partial charge is 0.472 e. The summed E-state index contributed by atoms with van der Waals surface area (Å²) in [5.74, 6) is 0.00258. The van der Waals surface area contributed by atoms with E-state index >= 15 is 0 Å². The number of hydrogen-bond donors (Lipinski definition) is 1. The Morgan fingerprint density at radius 1 is 1.48 bits per heavy atom. The third kappa shape index (κ3) is 2.87. The van der Waals surface area contributed by atoms with Gasteiger partial charge in [-0.05, 0) is 12.5 Å².